The molecule has 3 heteroatoms. The zero-order chi connectivity index (χ0) is 13.1. The van der Waals surface area contributed by atoms with E-state index in [0.717, 1.165) is 6.54 Å². The van der Waals surface area contributed by atoms with E-state index in [4.69, 9.17) is 0 Å². The molecule has 2 aromatic carbocycles. The first-order valence-corrected chi connectivity index (χ1v) is 7.60. The van der Waals surface area contributed by atoms with Gasteiger partial charge in [0, 0.05) is 11.6 Å². The highest BCUT2D eigenvalue weighted by molar-refractivity contribution is 7.98. The number of benzene rings is 2. The van der Waals surface area contributed by atoms with E-state index in [2.05, 4.69) is 77.7 Å². The number of hydrogen-bond acceptors (Lipinski definition) is 1. The highest BCUT2D eigenvalue weighted by Gasteiger charge is 2.14. The van der Waals surface area contributed by atoms with E-state index >= 15 is 0 Å². The van der Waals surface area contributed by atoms with Crippen molar-refractivity contribution < 1.29 is 28.5 Å². The van der Waals surface area contributed by atoms with Gasteiger partial charge in [0.05, 0.1) is 5.39 Å². The number of thioether (sulfide) groups is 1. The topological polar surface area (TPSA) is 3.88 Å². The van der Waals surface area contributed by atoms with E-state index in [1.165, 1.54) is 21.4 Å². The molecule has 0 N–H and O–H groups in total. The van der Waals surface area contributed by atoms with Crippen molar-refractivity contribution in [2.45, 2.75) is 11.6 Å². The Kier molecular flexibility index (Phi) is 5.43. The summed E-state index contributed by atoms with van der Waals surface area (Å²) < 4.78 is 2.32. The van der Waals surface area contributed by atoms with Crippen molar-refractivity contribution in [1.29, 1.82) is 0 Å². The Hall–Kier alpha value is -1.07. The minimum Gasteiger partial charge on any atom is -1.00 e. The Morgan fingerprint density at radius 3 is 2.35 bits per heavy atom. The molecule has 20 heavy (non-hydrogen) atoms. The first kappa shape index (κ1) is 15.3. The fourth-order valence-electron chi connectivity index (χ4n) is 2.36. The van der Waals surface area contributed by atoms with Crippen LogP contribution >= 0.6 is 11.8 Å². The second kappa shape index (κ2) is 7.09. The SMILES string of the molecule is CSc1c2ccccc2cc[n+]1Cc1ccccc1.[I-]. The van der Waals surface area contributed by atoms with E-state index in [1.54, 1.807) is 0 Å². The Bertz CT molecular complexity index is 698. The van der Waals surface area contributed by atoms with Crippen LogP contribution in [0, 0.1) is 0 Å². The highest BCUT2D eigenvalue weighted by atomic mass is 127. The van der Waals surface area contributed by atoms with Crippen LogP contribution in [-0.4, -0.2) is 6.26 Å². The van der Waals surface area contributed by atoms with Crippen molar-refractivity contribution in [2.75, 3.05) is 6.26 Å². The van der Waals surface area contributed by atoms with Gasteiger partial charge in [-0.3, -0.25) is 0 Å². The molecule has 0 bridgehead atoms. The number of hydrogen-bond donors (Lipinski definition) is 0. The summed E-state index contributed by atoms with van der Waals surface area (Å²) in [6.07, 6.45) is 4.32. The Morgan fingerprint density at radius 1 is 0.900 bits per heavy atom. The number of pyridine rings is 1. The maximum absolute atomic E-state index is 2.32. The molecular weight excluding hydrogens is 377 g/mol. The van der Waals surface area contributed by atoms with Gasteiger partial charge in [0.25, 0.3) is 0 Å². The molecule has 3 aromatic rings. The van der Waals surface area contributed by atoms with Gasteiger partial charge in [-0.25, -0.2) is 0 Å². The van der Waals surface area contributed by atoms with Gasteiger partial charge in [0.1, 0.15) is 0 Å². The van der Waals surface area contributed by atoms with Crippen LogP contribution in [0.1, 0.15) is 5.56 Å². The van der Waals surface area contributed by atoms with Gasteiger partial charge in [-0.05, 0) is 17.7 Å². The molecule has 0 amide bonds. The largest absolute Gasteiger partial charge is 1.00 e. The van der Waals surface area contributed by atoms with Crippen LogP contribution in [0.15, 0.2) is 71.9 Å². The smallest absolute Gasteiger partial charge is 0.247 e. The molecular formula is C17H16INS. The summed E-state index contributed by atoms with van der Waals surface area (Å²) in [6, 6.07) is 21.3. The van der Waals surface area contributed by atoms with E-state index in [9.17, 15) is 0 Å². The summed E-state index contributed by atoms with van der Waals surface area (Å²) in [5, 5.41) is 3.95. The zero-order valence-corrected chi connectivity index (χ0v) is 14.3. The molecule has 3 rings (SSSR count). The van der Waals surface area contributed by atoms with Crippen LogP contribution in [0.3, 0.4) is 0 Å². The number of rotatable bonds is 3. The highest BCUT2D eigenvalue weighted by Crippen LogP contribution is 2.22. The fourth-order valence-corrected chi connectivity index (χ4v) is 3.13. The van der Waals surface area contributed by atoms with E-state index in [-0.39, 0.29) is 24.0 Å². The van der Waals surface area contributed by atoms with Crippen LogP contribution in [0.5, 0.6) is 0 Å². The zero-order valence-electron chi connectivity index (χ0n) is 11.3. The van der Waals surface area contributed by atoms with E-state index < -0.39 is 0 Å². The molecule has 0 fully saturated rings. The third-order valence-corrected chi connectivity index (χ3v) is 4.12. The molecule has 0 aliphatic rings. The van der Waals surface area contributed by atoms with Crippen LogP contribution in [0.25, 0.3) is 10.8 Å². The number of nitrogens with zero attached hydrogens (tertiary/aromatic N) is 1. The second-order valence-corrected chi connectivity index (χ2v) is 5.32. The van der Waals surface area contributed by atoms with Gasteiger partial charge in [0.15, 0.2) is 12.7 Å². The van der Waals surface area contributed by atoms with Gasteiger partial charge < -0.3 is 24.0 Å². The third kappa shape index (κ3) is 3.15. The summed E-state index contributed by atoms with van der Waals surface area (Å²) in [6.45, 7) is 0.918. The molecule has 0 spiro atoms. The monoisotopic (exact) mass is 393 g/mol. The minimum absolute atomic E-state index is 0. The van der Waals surface area contributed by atoms with Crippen molar-refractivity contribution in [3.05, 3.63) is 72.4 Å². The molecule has 0 saturated carbocycles. The van der Waals surface area contributed by atoms with Crippen LogP contribution < -0.4 is 28.5 Å². The lowest BCUT2D eigenvalue weighted by Gasteiger charge is -2.05. The van der Waals surface area contributed by atoms with Crippen LogP contribution in [-0.2, 0) is 6.54 Å². The van der Waals surface area contributed by atoms with E-state index in [1.807, 2.05) is 11.8 Å². The Morgan fingerprint density at radius 2 is 1.60 bits per heavy atom. The van der Waals surface area contributed by atoms with Gasteiger partial charge in [0.2, 0.25) is 5.03 Å². The number of fused-ring (bicyclic) bond motifs is 1. The lowest BCUT2D eigenvalue weighted by atomic mass is 10.1. The second-order valence-electron chi connectivity index (χ2n) is 4.53. The summed E-state index contributed by atoms with van der Waals surface area (Å²) >= 11 is 1.81. The number of halogens is 1. The fraction of sp³-hybridized carbons (Fsp3) is 0.118. The predicted molar refractivity (Wildman–Crippen MR) is 81.5 cm³/mol. The Labute approximate surface area is 141 Å². The Balaban J connectivity index is 0.00000147. The molecule has 0 aliphatic heterocycles. The average molecular weight is 393 g/mol. The van der Waals surface area contributed by atoms with Crippen molar-refractivity contribution in [3.8, 4) is 0 Å². The first-order valence-electron chi connectivity index (χ1n) is 6.37. The molecule has 1 aromatic heterocycles. The molecule has 0 unspecified atom stereocenters. The molecule has 0 radical (unpaired) electrons. The maximum atomic E-state index is 2.32. The average Bonchev–Trinajstić information content (AvgIpc) is 2.48. The number of aromatic nitrogens is 1. The molecule has 0 atom stereocenters. The summed E-state index contributed by atoms with van der Waals surface area (Å²) in [5.74, 6) is 0. The molecule has 1 heterocycles. The van der Waals surface area contributed by atoms with Crippen molar-refractivity contribution in [2.24, 2.45) is 0 Å². The molecule has 1 nitrogen and oxygen atoms in total. The van der Waals surface area contributed by atoms with Crippen molar-refractivity contribution in [3.63, 3.8) is 0 Å². The molecule has 0 saturated heterocycles. The summed E-state index contributed by atoms with van der Waals surface area (Å²) in [5.41, 5.74) is 1.33. The quantitative estimate of drug-likeness (QED) is 0.364. The van der Waals surface area contributed by atoms with Crippen molar-refractivity contribution in [1.82, 2.24) is 0 Å². The van der Waals surface area contributed by atoms with Gasteiger partial charge in [-0.1, -0.05) is 60.3 Å². The van der Waals surface area contributed by atoms with Crippen LogP contribution in [0.4, 0.5) is 0 Å². The van der Waals surface area contributed by atoms with Crippen LogP contribution in [0.2, 0.25) is 0 Å². The molecule has 102 valence electrons. The normalized spacial score (nSPS) is 10.2. The summed E-state index contributed by atoms with van der Waals surface area (Å²) in [7, 11) is 0. The van der Waals surface area contributed by atoms with Crippen molar-refractivity contribution >= 4 is 22.5 Å². The standard InChI is InChI=1S/C17H16NS.HI/c1-19-17-16-10-6-5-9-15(16)11-12-18(17)13-14-7-3-2-4-8-14;/h2-12H,13H2,1H3;1H/q+1;/p-1. The first-order chi connectivity index (χ1) is 9.38. The minimum atomic E-state index is 0. The van der Waals surface area contributed by atoms with E-state index in [0.29, 0.717) is 0 Å². The maximum Gasteiger partial charge on any atom is 0.247 e. The molecule has 0 aliphatic carbocycles. The summed E-state index contributed by atoms with van der Waals surface area (Å²) in [4.78, 5) is 0. The van der Waals surface area contributed by atoms with Gasteiger partial charge >= 0.3 is 0 Å². The lowest BCUT2D eigenvalue weighted by Crippen LogP contribution is -3.00. The third-order valence-electron chi connectivity index (χ3n) is 3.28. The van der Waals surface area contributed by atoms with Gasteiger partial charge in [-0.15, -0.1) is 0 Å². The lowest BCUT2D eigenvalue weighted by molar-refractivity contribution is -0.722. The predicted octanol–water partition coefficient (Wildman–Crippen LogP) is 0.901. The van der Waals surface area contributed by atoms with Gasteiger partial charge in [-0.2, -0.15) is 4.57 Å².